The Kier molecular flexibility index (Phi) is 6.43. The summed E-state index contributed by atoms with van der Waals surface area (Å²) < 4.78 is 30.1. The lowest BCUT2D eigenvalue weighted by Gasteiger charge is -2.34. The molecule has 1 aromatic rings. The Morgan fingerprint density at radius 2 is 1.62 bits per heavy atom. The highest BCUT2D eigenvalue weighted by atomic mass is 32.2. The van der Waals surface area contributed by atoms with Crippen LogP contribution in [0.2, 0.25) is 0 Å². The Bertz CT molecular complexity index is 740. The Hall–Kier alpha value is -2.33. The summed E-state index contributed by atoms with van der Waals surface area (Å²) in [5, 5.41) is 2.73. The van der Waals surface area contributed by atoms with Gasteiger partial charge in [-0.15, -0.1) is 0 Å². The summed E-state index contributed by atoms with van der Waals surface area (Å²) in [5.41, 5.74) is 0.500. The molecule has 144 valence electrons. The number of nitrogens with zero attached hydrogens (tertiary/aromatic N) is 3. The third-order valence-electron chi connectivity index (χ3n) is 3.98. The summed E-state index contributed by atoms with van der Waals surface area (Å²) in [6.07, 6.45) is -0.370. The number of hydrogen-bond acceptors (Lipinski definition) is 5. The van der Waals surface area contributed by atoms with Gasteiger partial charge in [0.2, 0.25) is 10.0 Å². The van der Waals surface area contributed by atoms with E-state index in [9.17, 15) is 18.0 Å². The fraction of sp³-hybridized carbons (Fsp3) is 0.500. The minimum absolute atomic E-state index is 0.156. The molecule has 1 fully saturated rings. The maximum absolute atomic E-state index is 12.3. The molecule has 1 heterocycles. The van der Waals surface area contributed by atoms with Crippen molar-refractivity contribution < 1.29 is 22.7 Å². The molecule has 1 N–H and O–H groups in total. The van der Waals surface area contributed by atoms with Gasteiger partial charge < -0.3 is 19.9 Å². The van der Waals surface area contributed by atoms with E-state index in [0.717, 1.165) is 4.31 Å². The molecule has 0 unspecified atom stereocenters. The molecular weight excluding hydrogens is 360 g/mol. The second-order valence-electron chi connectivity index (χ2n) is 5.91. The molecule has 0 bridgehead atoms. The number of nitrogens with one attached hydrogen (secondary N) is 1. The molecule has 10 heteroatoms. The van der Waals surface area contributed by atoms with Gasteiger partial charge in [-0.2, -0.15) is 0 Å². The SMILES string of the molecule is CCOC(=O)N1CCN(C(=O)Nc2ccc(S(=O)(=O)N(C)C)cc2)CC1. The van der Waals surface area contributed by atoms with E-state index < -0.39 is 10.0 Å². The van der Waals surface area contributed by atoms with Gasteiger partial charge in [0, 0.05) is 46.0 Å². The molecule has 1 aliphatic heterocycles. The Balaban J connectivity index is 1.92. The van der Waals surface area contributed by atoms with Crippen LogP contribution < -0.4 is 5.32 Å². The first kappa shape index (κ1) is 20.0. The van der Waals surface area contributed by atoms with E-state index in [0.29, 0.717) is 38.5 Å². The molecular formula is C16H24N4O5S. The number of carbonyl (C=O) groups is 2. The minimum Gasteiger partial charge on any atom is -0.450 e. The molecule has 1 aliphatic rings. The minimum atomic E-state index is -3.50. The lowest BCUT2D eigenvalue weighted by atomic mass is 10.3. The predicted octanol–water partition coefficient (Wildman–Crippen LogP) is 1.24. The van der Waals surface area contributed by atoms with E-state index in [1.165, 1.54) is 26.2 Å². The number of benzene rings is 1. The van der Waals surface area contributed by atoms with Crippen LogP contribution in [0.25, 0.3) is 0 Å². The molecule has 26 heavy (non-hydrogen) atoms. The van der Waals surface area contributed by atoms with Gasteiger partial charge in [-0.1, -0.05) is 0 Å². The van der Waals surface area contributed by atoms with E-state index in [1.54, 1.807) is 28.9 Å². The Morgan fingerprint density at radius 1 is 1.08 bits per heavy atom. The van der Waals surface area contributed by atoms with Crippen LogP contribution in [0.3, 0.4) is 0 Å². The van der Waals surface area contributed by atoms with Crippen molar-refractivity contribution in [1.82, 2.24) is 14.1 Å². The topological polar surface area (TPSA) is 99.3 Å². The van der Waals surface area contributed by atoms with Gasteiger partial charge in [-0.3, -0.25) is 0 Å². The highest BCUT2D eigenvalue weighted by Gasteiger charge is 2.25. The average molecular weight is 384 g/mol. The van der Waals surface area contributed by atoms with Crippen molar-refractivity contribution in [2.45, 2.75) is 11.8 Å². The van der Waals surface area contributed by atoms with Crippen molar-refractivity contribution >= 4 is 27.8 Å². The smallest absolute Gasteiger partial charge is 0.409 e. The number of anilines is 1. The van der Waals surface area contributed by atoms with Crippen LogP contribution >= 0.6 is 0 Å². The lowest BCUT2D eigenvalue weighted by molar-refractivity contribution is 0.0868. The third-order valence-corrected chi connectivity index (χ3v) is 5.81. The first-order valence-corrected chi connectivity index (χ1v) is 9.70. The number of urea groups is 1. The fourth-order valence-electron chi connectivity index (χ4n) is 2.43. The van der Waals surface area contributed by atoms with Crippen LogP contribution in [0.4, 0.5) is 15.3 Å². The second kappa shape index (κ2) is 8.37. The summed E-state index contributed by atoms with van der Waals surface area (Å²) in [6, 6.07) is 5.69. The highest BCUT2D eigenvalue weighted by molar-refractivity contribution is 7.89. The van der Waals surface area contributed by atoms with E-state index in [4.69, 9.17) is 4.74 Å². The standard InChI is InChI=1S/C16H24N4O5S/c1-4-25-16(22)20-11-9-19(10-12-20)15(21)17-13-5-7-14(8-6-13)26(23,24)18(2)3/h5-8H,4,9-12H2,1-3H3,(H,17,21). The number of sulfonamides is 1. The molecule has 0 aliphatic carbocycles. The molecule has 2 rings (SSSR count). The molecule has 0 radical (unpaired) electrons. The molecule has 0 spiro atoms. The number of hydrogen-bond donors (Lipinski definition) is 1. The molecule has 0 aromatic heterocycles. The van der Waals surface area contributed by atoms with Crippen molar-refractivity contribution in [1.29, 1.82) is 0 Å². The predicted molar refractivity (Wildman–Crippen MR) is 96.5 cm³/mol. The summed E-state index contributed by atoms with van der Waals surface area (Å²) in [5.74, 6) is 0. The average Bonchev–Trinajstić information content (AvgIpc) is 2.62. The number of ether oxygens (including phenoxy) is 1. The Labute approximate surface area is 153 Å². The van der Waals surface area contributed by atoms with Crippen LogP contribution in [0, 0.1) is 0 Å². The van der Waals surface area contributed by atoms with Gasteiger partial charge >= 0.3 is 12.1 Å². The molecule has 3 amide bonds. The van der Waals surface area contributed by atoms with Crippen LogP contribution in [0.5, 0.6) is 0 Å². The number of amides is 3. The van der Waals surface area contributed by atoms with Crippen LogP contribution in [0.1, 0.15) is 6.92 Å². The van der Waals surface area contributed by atoms with Crippen molar-refractivity contribution in [2.24, 2.45) is 0 Å². The van der Waals surface area contributed by atoms with Crippen molar-refractivity contribution in [3.8, 4) is 0 Å². The van der Waals surface area contributed by atoms with Gasteiger partial charge in [-0.05, 0) is 31.2 Å². The first-order valence-electron chi connectivity index (χ1n) is 8.26. The van der Waals surface area contributed by atoms with Gasteiger partial charge in [0.25, 0.3) is 0 Å². The summed E-state index contributed by atoms with van der Waals surface area (Å²) >= 11 is 0. The maximum atomic E-state index is 12.3. The fourth-order valence-corrected chi connectivity index (χ4v) is 3.33. The van der Waals surface area contributed by atoms with Crippen LogP contribution in [0.15, 0.2) is 29.2 Å². The van der Waals surface area contributed by atoms with Crippen molar-refractivity contribution in [3.63, 3.8) is 0 Å². The summed E-state index contributed by atoms with van der Waals surface area (Å²) in [7, 11) is -0.582. The van der Waals surface area contributed by atoms with Gasteiger partial charge in [0.15, 0.2) is 0 Å². The van der Waals surface area contributed by atoms with Gasteiger partial charge in [-0.25, -0.2) is 22.3 Å². The molecule has 1 aromatic carbocycles. The normalized spacial score (nSPS) is 15.1. The zero-order valence-electron chi connectivity index (χ0n) is 15.1. The number of piperazine rings is 1. The summed E-state index contributed by atoms with van der Waals surface area (Å²) in [6.45, 7) is 3.68. The molecule has 0 saturated carbocycles. The maximum Gasteiger partial charge on any atom is 0.409 e. The van der Waals surface area contributed by atoms with E-state index in [-0.39, 0.29) is 17.0 Å². The van der Waals surface area contributed by atoms with Gasteiger partial charge in [0.1, 0.15) is 0 Å². The van der Waals surface area contributed by atoms with Gasteiger partial charge in [0.05, 0.1) is 11.5 Å². The first-order chi connectivity index (χ1) is 12.3. The monoisotopic (exact) mass is 384 g/mol. The third kappa shape index (κ3) is 4.64. The number of carbonyl (C=O) groups excluding carboxylic acids is 2. The van der Waals surface area contributed by atoms with Crippen molar-refractivity contribution in [3.05, 3.63) is 24.3 Å². The van der Waals surface area contributed by atoms with E-state index in [2.05, 4.69) is 5.32 Å². The molecule has 1 saturated heterocycles. The van der Waals surface area contributed by atoms with Crippen LogP contribution in [-0.2, 0) is 14.8 Å². The second-order valence-corrected chi connectivity index (χ2v) is 8.07. The lowest BCUT2D eigenvalue weighted by Crippen LogP contribution is -2.51. The van der Waals surface area contributed by atoms with Crippen molar-refractivity contribution in [2.75, 3.05) is 52.2 Å². The molecule has 0 atom stereocenters. The molecule has 9 nitrogen and oxygen atoms in total. The van der Waals surface area contributed by atoms with Crippen LogP contribution in [-0.4, -0.2) is 81.5 Å². The van der Waals surface area contributed by atoms with E-state index >= 15 is 0 Å². The quantitative estimate of drug-likeness (QED) is 0.842. The zero-order chi connectivity index (χ0) is 19.3. The Morgan fingerprint density at radius 3 is 2.12 bits per heavy atom. The summed E-state index contributed by atoms with van der Waals surface area (Å²) in [4.78, 5) is 27.3. The largest absolute Gasteiger partial charge is 0.450 e. The van der Waals surface area contributed by atoms with E-state index in [1.807, 2.05) is 0 Å². The zero-order valence-corrected chi connectivity index (χ0v) is 16.0. The number of rotatable bonds is 4. The highest BCUT2D eigenvalue weighted by Crippen LogP contribution is 2.17.